The van der Waals surface area contributed by atoms with Crippen molar-refractivity contribution in [2.24, 2.45) is 0 Å². The van der Waals surface area contributed by atoms with Crippen molar-refractivity contribution in [2.75, 3.05) is 19.6 Å². The third kappa shape index (κ3) is 3.22. The molecule has 1 unspecified atom stereocenters. The van der Waals surface area contributed by atoms with Crippen LogP contribution in [0.1, 0.15) is 18.9 Å². The van der Waals surface area contributed by atoms with Gasteiger partial charge >= 0.3 is 0 Å². The second-order valence-electron chi connectivity index (χ2n) is 4.61. The fourth-order valence-corrected chi connectivity index (χ4v) is 2.25. The highest BCUT2D eigenvalue weighted by Gasteiger charge is 2.13. The molecule has 16 heavy (non-hydrogen) atoms. The summed E-state index contributed by atoms with van der Waals surface area (Å²) in [5.41, 5.74) is 1.19. The van der Waals surface area contributed by atoms with Crippen molar-refractivity contribution < 1.29 is 5.11 Å². The van der Waals surface area contributed by atoms with Crippen LogP contribution in [0, 0.1) is 0 Å². The molecule has 2 rings (SSSR count). The second-order valence-corrected chi connectivity index (χ2v) is 4.61. The average molecular weight is 220 g/mol. The van der Waals surface area contributed by atoms with E-state index in [4.69, 9.17) is 0 Å². The lowest BCUT2D eigenvalue weighted by Crippen LogP contribution is -2.34. The molecular weight excluding hydrogens is 200 g/mol. The predicted octanol–water partition coefficient (Wildman–Crippen LogP) is 1.58. The minimum absolute atomic E-state index is 0.360. The molecule has 0 aromatic heterocycles. The van der Waals surface area contributed by atoms with Gasteiger partial charge in [-0.3, -0.25) is 4.90 Å². The lowest BCUT2D eigenvalue weighted by molar-refractivity contribution is 0.264. The van der Waals surface area contributed by atoms with E-state index in [1.165, 1.54) is 12.0 Å². The van der Waals surface area contributed by atoms with Gasteiger partial charge in [0, 0.05) is 19.1 Å². The second kappa shape index (κ2) is 5.32. The highest BCUT2D eigenvalue weighted by Crippen LogP contribution is 2.14. The third-order valence-electron chi connectivity index (χ3n) is 2.99. The quantitative estimate of drug-likeness (QED) is 0.794. The molecule has 88 valence electrons. The summed E-state index contributed by atoms with van der Waals surface area (Å²) in [6.45, 7) is 6.47. The van der Waals surface area contributed by atoms with E-state index in [0.717, 1.165) is 26.2 Å². The van der Waals surface area contributed by atoms with Crippen molar-refractivity contribution in [2.45, 2.75) is 25.9 Å². The zero-order chi connectivity index (χ0) is 11.4. The van der Waals surface area contributed by atoms with Gasteiger partial charge in [0.25, 0.3) is 0 Å². The van der Waals surface area contributed by atoms with Crippen molar-refractivity contribution in [1.82, 2.24) is 10.2 Å². The Morgan fingerprint density at radius 2 is 2.38 bits per heavy atom. The maximum Gasteiger partial charge on any atom is 0.115 e. The number of hydrogen-bond donors (Lipinski definition) is 2. The van der Waals surface area contributed by atoms with Crippen molar-refractivity contribution in [3.63, 3.8) is 0 Å². The maximum absolute atomic E-state index is 9.42. The van der Waals surface area contributed by atoms with Gasteiger partial charge in [-0.05, 0) is 44.1 Å². The summed E-state index contributed by atoms with van der Waals surface area (Å²) < 4.78 is 0. The van der Waals surface area contributed by atoms with Gasteiger partial charge in [0.2, 0.25) is 0 Å². The van der Waals surface area contributed by atoms with Gasteiger partial charge in [-0.15, -0.1) is 0 Å². The van der Waals surface area contributed by atoms with E-state index < -0.39 is 0 Å². The molecule has 1 saturated heterocycles. The van der Waals surface area contributed by atoms with Gasteiger partial charge in [-0.25, -0.2) is 0 Å². The number of nitrogens with one attached hydrogen (secondary N) is 1. The average Bonchev–Trinajstić information content (AvgIpc) is 2.43. The van der Waals surface area contributed by atoms with Crippen molar-refractivity contribution in [1.29, 1.82) is 0 Å². The van der Waals surface area contributed by atoms with Gasteiger partial charge in [-0.2, -0.15) is 0 Å². The van der Waals surface area contributed by atoms with Crippen LogP contribution in [0.5, 0.6) is 5.75 Å². The van der Waals surface area contributed by atoms with Crippen LogP contribution in [0.15, 0.2) is 24.3 Å². The van der Waals surface area contributed by atoms with E-state index in [2.05, 4.69) is 23.2 Å². The van der Waals surface area contributed by atoms with Gasteiger partial charge in [0.15, 0.2) is 0 Å². The molecule has 1 aromatic rings. The van der Waals surface area contributed by atoms with E-state index in [9.17, 15) is 5.11 Å². The summed E-state index contributed by atoms with van der Waals surface area (Å²) in [5, 5.41) is 12.9. The fraction of sp³-hybridized carbons (Fsp3) is 0.538. The van der Waals surface area contributed by atoms with Crippen LogP contribution in [-0.2, 0) is 6.54 Å². The number of rotatable bonds is 2. The minimum atomic E-state index is 0.360. The van der Waals surface area contributed by atoms with E-state index in [1.54, 1.807) is 6.07 Å². The monoisotopic (exact) mass is 220 g/mol. The topological polar surface area (TPSA) is 35.5 Å². The Morgan fingerprint density at radius 1 is 1.50 bits per heavy atom. The smallest absolute Gasteiger partial charge is 0.115 e. The molecule has 1 aliphatic heterocycles. The molecule has 0 radical (unpaired) electrons. The highest BCUT2D eigenvalue weighted by atomic mass is 16.3. The van der Waals surface area contributed by atoms with Crippen LogP contribution in [-0.4, -0.2) is 35.7 Å². The Balaban J connectivity index is 1.97. The molecule has 1 fully saturated rings. The van der Waals surface area contributed by atoms with Gasteiger partial charge in [0.1, 0.15) is 5.75 Å². The first-order valence-electron chi connectivity index (χ1n) is 5.98. The molecule has 2 N–H and O–H groups in total. The van der Waals surface area contributed by atoms with Crippen molar-refractivity contribution in [3.8, 4) is 5.75 Å². The zero-order valence-electron chi connectivity index (χ0n) is 9.82. The molecule has 0 saturated carbocycles. The SMILES string of the molecule is CC1CN(Cc2cccc(O)c2)CCCN1. The number of phenolic OH excluding ortho intramolecular Hbond substituents is 1. The van der Waals surface area contributed by atoms with E-state index in [0.29, 0.717) is 11.8 Å². The Bertz CT molecular complexity index is 340. The Morgan fingerprint density at radius 3 is 3.19 bits per heavy atom. The molecule has 1 aliphatic rings. The lowest BCUT2D eigenvalue weighted by Gasteiger charge is -2.22. The van der Waals surface area contributed by atoms with Crippen LogP contribution >= 0.6 is 0 Å². The minimum Gasteiger partial charge on any atom is -0.508 e. The normalized spacial score (nSPS) is 22.9. The summed E-state index contributed by atoms with van der Waals surface area (Å²) in [7, 11) is 0. The zero-order valence-corrected chi connectivity index (χ0v) is 9.82. The summed E-state index contributed by atoms with van der Waals surface area (Å²) >= 11 is 0. The van der Waals surface area contributed by atoms with Gasteiger partial charge < -0.3 is 10.4 Å². The summed E-state index contributed by atoms with van der Waals surface area (Å²) in [6.07, 6.45) is 1.20. The van der Waals surface area contributed by atoms with E-state index >= 15 is 0 Å². The highest BCUT2D eigenvalue weighted by molar-refractivity contribution is 5.27. The first-order chi connectivity index (χ1) is 7.74. The molecule has 3 nitrogen and oxygen atoms in total. The Kier molecular flexibility index (Phi) is 3.80. The number of benzene rings is 1. The first-order valence-corrected chi connectivity index (χ1v) is 5.98. The van der Waals surface area contributed by atoms with Crippen molar-refractivity contribution >= 4 is 0 Å². The first kappa shape index (κ1) is 11.4. The van der Waals surface area contributed by atoms with E-state index in [1.807, 2.05) is 12.1 Å². The Labute approximate surface area is 97.1 Å². The van der Waals surface area contributed by atoms with Gasteiger partial charge in [0.05, 0.1) is 0 Å². The molecule has 0 amide bonds. The molecular formula is C13H20N2O. The molecule has 1 heterocycles. The fourth-order valence-electron chi connectivity index (χ4n) is 2.25. The van der Waals surface area contributed by atoms with Crippen LogP contribution in [0.25, 0.3) is 0 Å². The number of hydrogen-bond acceptors (Lipinski definition) is 3. The van der Waals surface area contributed by atoms with Gasteiger partial charge in [-0.1, -0.05) is 12.1 Å². The molecule has 1 aromatic carbocycles. The lowest BCUT2D eigenvalue weighted by atomic mass is 10.2. The molecule has 0 spiro atoms. The largest absolute Gasteiger partial charge is 0.508 e. The molecule has 1 atom stereocenters. The van der Waals surface area contributed by atoms with E-state index in [-0.39, 0.29) is 0 Å². The number of aromatic hydroxyl groups is 1. The van der Waals surface area contributed by atoms with Crippen LogP contribution in [0.2, 0.25) is 0 Å². The summed E-state index contributed by atoms with van der Waals surface area (Å²) in [4.78, 5) is 2.44. The summed E-state index contributed by atoms with van der Waals surface area (Å²) in [5.74, 6) is 0.360. The molecule has 0 bridgehead atoms. The Hall–Kier alpha value is -1.06. The maximum atomic E-state index is 9.42. The predicted molar refractivity (Wildman–Crippen MR) is 65.5 cm³/mol. The molecule has 3 heteroatoms. The summed E-state index contributed by atoms with van der Waals surface area (Å²) in [6, 6.07) is 8.10. The standard InChI is InChI=1S/C13H20N2O/c1-11-9-15(7-3-6-14-11)10-12-4-2-5-13(16)8-12/h2,4-5,8,11,14,16H,3,6-7,9-10H2,1H3. The third-order valence-corrected chi connectivity index (χ3v) is 2.99. The van der Waals surface area contributed by atoms with Crippen LogP contribution < -0.4 is 5.32 Å². The van der Waals surface area contributed by atoms with Crippen LogP contribution in [0.3, 0.4) is 0 Å². The number of nitrogens with zero attached hydrogens (tertiary/aromatic N) is 1. The van der Waals surface area contributed by atoms with Crippen molar-refractivity contribution in [3.05, 3.63) is 29.8 Å². The molecule has 0 aliphatic carbocycles. The number of phenols is 1. The van der Waals surface area contributed by atoms with Crippen LogP contribution in [0.4, 0.5) is 0 Å².